The number of anilines is 1. The van der Waals surface area contributed by atoms with Crippen molar-refractivity contribution < 1.29 is 0 Å². The highest BCUT2D eigenvalue weighted by Gasteiger charge is 2.26. The van der Waals surface area contributed by atoms with Crippen LogP contribution < -0.4 is 5.32 Å². The second kappa shape index (κ2) is 5.55. The molecule has 2 aromatic rings. The normalized spacial score (nSPS) is 13.6. The highest BCUT2D eigenvalue weighted by molar-refractivity contribution is 5.59. The van der Waals surface area contributed by atoms with E-state index in [1.807, 2.05) is 0 Å². The van der Waals surface area contributed by atoms with E-state index < -0.39 is 0 Å². The molecule has 0 radical (unpaired) electrons. The third kappa shape index (κ3) is 2.35. The Morgan fingerprint density at radius 1 is 1.24 bits per heavy atom. The average molecular weight is 283 g/mol. The van der Waals surface area contributed by atoms with Gasteiger partial charge in [0.25, 0.3) is 0 Å². The monoisotopic (exact) mass is 283 g/mol. The Labute approximate surface area is 127 Å². The van der Waals surface area contributed by atoms with Gasteiger partial charge in [0.2, 0.25) is 0 Å². The number of rotatable bonds is 4. The minimum absolute atomic E-state index is 0.574. The minimum Gasteiger partial charge on any atom is -0.369 e. The van der Waals surface area contributed by atoms with Crippen LogP contribution in [0.15, 0.2) is 18.2 Å². The van der Waals surface area contributed by atoms with Gasteiger partial charge in [-0.1, -0.05) is 26.0 Å². The Balaban J connectivity index is 2.16. The van der Waals surface area contributed by atoms with Gasteiger partial charge in [0.1, 0.15) is 5.82 Å². The highest BCUT2D eigenvalue weighted by atomic mass is 15.3. The first-order valence-electron chi connectivity index (χ1n) is 8.09. The van der Waals surface area contributed by atoms with Crippen LogP contribution in [0.2, 0.25) is 0 Å². The third-order valence-corrected chi connectivity index (χ3v) is 4.65. The first kappa shape index (κ1) is 14.2. The quantitative estimate of drug-likeness (QED) is 0.903. The Kier molecular flexibility index (Phi) is 3.75. The van der Waals surface area contributed by atoms with E-state index in [0.29, 0.717) is 5.92 Å². The molecule has 1 aliphatic heterocycles. The second-order valence-corrected chi connectivity index (χ2v) is 6.10. The van der Waals surface area contributed by atoms with E-state index in [1.165, 1.54) is 33.9 Å². The van der Waals surface area contributed by atoms with E-state index in [9.17, 15) is 0 Å². The van der Waals surface area contributed by atoms with Crippen molar-refractivity contribution in [2.75, 3.05) is 11.9 Å². The maximum Gasteiger partial charge on any atom is 0.133 e. The highest BCUT2D eigenvalue weighted by Crippen LogP contribution is 2.35. The molecule has 0 spiro atoms. The standard InChI is InChI=1S/C18H25N3/c1-5-14(6-2)17-15-9-10-19-18(15)21(20-17)16-11-12(3)7-8-13(16)4/h7-8,11,14,19H,5-6,9-10H2,1-4H3. The van der Waals surface area contributed by atoms with Gasteiger partial charge in [-0.2, -0.15) is 5.10 Å². The van der Waals surface area contributed by atoms with Crippen LogP contribution >= 0.6 is 0 Å². The molecule has 0 saturated carbocycles. The molecule has 0 aliphatic carbocycles. The SMILES string of the molecule is CCC(CC)c1nn(-c2cc(C)ccc2C)c2c1CCN2. The molecule has 1 aliphatic rings. The fraction of sp³-hybridized carbons (Fsp3) is 0.500. The Morgan fingerprint density at radius 2 is 2.00 bits per heavy atom. The van der Waals surface area contributed by atoms with Crippen LogP contribution in [-0.2, 0) is 6.42 Å². The van der Waals surface area contributed by atoms with Crippen molar-refractivity contribution in [1.29, 1.82) is 0 Å². The molecule has 0 amide bonds. The fourth-order valence-electron chi connectivity index (χ4n) is 3.33. The third-order valence-electron chi connectivity index (χ3n) is 4.65. The van der Waals surface area contributed by atoms with Crippen LogP contribution in [0, 0.1) is 13.8 Å². The summed E-state index contributed by atoms with van der Waals surface area (Å²) in [5.41, 5.74) is 6.50. The van der Waals surface area contributed by atoms with Gasteiger partial charge in [0.15, 0.2) is 0 Å². The van der Waals surface area contributed by atoms with Crippen LogP contribution in [0.1, 0.15) is 55.0 Å². The van der Waals surface area contributed by atoms with E-state index >= 15 is 0 Å². The van der Waals surface area contributed by atoms with Gasteiger partial charge in [0, 0.05) is 18.0 Å². The zero-order valence-corrected chi connectivity index (χ0v) is 13.5. The molecule has 2 heterocycles. The van der Waals surface area contributed by atoms with Crippen LogP contribution in [0.5, 0.6) is 0 Å². The summed E-state index contributed by atoms with van der Waals surface area (Å²) >= 11 is 0. The van der Waals surface area contributed by atoms with Gasteiger partial charge >= 0.3 is 0 Å². The smallest absolute Gasteiger partial charge is 0.133 e. The molecule has 3 nitrogen and oxygen atoms in total. The molecular formula is C18H25N3. The summed E-state index contributed by atoms with van der Waals surface area (Å²) in [5.74, 6) is 1.79. The Hall–Kier alpha value is -1.77. The predicted octanol–water partition coefficient (Wildman–Crippen LogP) is 4.36. The van der Waals surface area contributed by atoms with Gasteiger partial charge in [-0.15, -0.1) is 0 Å². The lowest BCUT2D eigenvalue weighted by atomic mass is 9.96. The van der Waals surface area contributed by atoms with Crippen molar-refractivity contribution in [3.05, 3.63) is 40.6 Å². The van der Waals surface area contributed by atoms with Gasteiger partial charge < -0.3 is 5.32 Å². The van der Waals surface area contributed by atoms with E-state index in [4.69, 9.17) is 5.10 Å². The number of aryl methyl sites for hydroxylation is 2. The largest absolute Gasteiger partial charge is 0.369 e. The summed E-state index contributed by atoms with van der Waals surface area (Å²) in [6.07, 6.45) is 3.42. The lowest BCUT2D eigenvalue weighted by Crippen LogP contribution is -2.08. The number of fused-ring (bicyclic) bond motifs is 1. The Morgan fingerprint density at radius 3 is 2.71 bits per heavy atom. The summed E-state index contributed by atoms with van der Waals surface area (Å²) in [5, 5.41) is 8.54. The second-order valence-electron chi connectivity index (χ2n) is 6.10. The molecule has 3 heteroatoms. The van der Waals surface area contributed by atoms with Crippen LogP contribution in [-0.4, -0.2) is 16.3 Å². The van der Waals surface area contributed by atoms with E-state index in [-0.39, 0.29) is 0 Å². The Bertz CT molecular complexity index is 651. The molecule has 1 N–H and O–H groups in total. The summed E-state index contributed by atoms with van der Waals surface area (Å²) in [7, 11) is 0. The van der Waals surface area contributed by atoms with Crippen molar-refractivity contribution in [3.63, 3.8) is 0 Å². The van der Waals surface area contributed by atoms with Crippen molar-refractivity contribution in [2.24, 2.45) is 0 Å². The van der Waals surface area contributed by atoms with Crippen LogP contribution in [0.25, 0.3) is 5.69 Å². The maximum atomic E-state index is 5.00. The zero-order valence-electron chi connectivity index (χ0n) is 13.5. The molecule has 0 bridgehead atoms. The molecule has 0 saturated heterocycles. The van der Waals surface area contributed by atoms with Crippen molar-refractivity contribution >= 4 is 5.82 Å². The topological polar surface area (TPSA) is 29.9 Å². The summed E-state index contributed by atoms with van der Waals surface area (Å²) in [6, 6.07) is 6.58. The number of hydrogen-bond acceptors (Lipinski definition) is 2. The number of nitrogens with one attached hydrogen (secondary N) is 1. The zero-order chi connectivity index (χ0) is 15.0. The first-order valence-corrected chi connectivity index (χ1v) is 8.09. The lowest BCUT2D eigenvalue weighted by Gasteiger charge is -2.12. The van der Waals surface area contributed by atoms with Gasteiger partial charge in [-0.3, -0.25) is 0 Å². The molecule has 112 valence electrons. The number of nitrogens with zero attached hydrogens (tertiary/aromatic N) is 2. The van der Waals surface area contributed by atoms with Crippen LogP contribution in [0.4, 0.5) is 5.82 Å². The number of aromatic nitrogens is 2. The van der Waals surface area contributed by atoms with Gasteiger partial charge in [-0.05, 0) is 50.3 Å². The van der Waals surface area contributed by atoms with E-state index in [0.717, 1.165) is 25.8 Å². The summed E-state index contributed by atoms with van der Waals surface area (Å²) < 4.78 is 2.14. The van der Waals surface area contributed by atoms with Crippen LogP contribution in [0.3, 0.4) is 0 Å². The fourth-order valence-corrected chi connectivity index (χ4v) is 3.33. The van der Waals surface area contributed by atoms with Crippen molar-refractivity contribution in [3.8, 4) is 5.69 Å². The van der Waals surface area contributed by atoms with Crippen molar-refractivity contribution in [2.45, 2.75) is 52.9 Å². The molecule has 21 heavy (non-hydrogen) atoms. The molecule has 1 aromatic carbocycles. The number of benzene rings is 1. The molecule has 0 atom stereocenters. The molecule has 1 aromatic heterocycles. The summed E-state index contributed by atoms with van der Waals surface area (Å²) in [4.78, 5) is 0. The van der Waals surface area contributed by atoms with E-state index in [1.54, 1.807) is 0 Å². The van der Waals surface area contributed by atoms with Gasteiger partial charge in [0.05, 0.1) is 11.4 Å². The lowest BCUT2D eigenvalue weighted by molar-refractivity contribution is 0.607. The molecule has 3 rings (SSSR count). The maximum absolute atomic E-state index is 5.00. The predicted molar refractivity (Wildman–Crippen MR) is 88.6 cm³/mol. The van der Waals surface area contributed by atoms with E-state index in [2.05, 4.69) is 55.9 Å². The van der Waals surface area contributed by atoms with Crippen molar-refractivity contribution in [1.82, 2.24) is 9.78 Å². The first-order chi connectivity index (χ1) is 10.2. The molecule has 0 fully saturated rings. The molecule has 0 unspecified atom stereocenters. The van der Waals surface area contributed by atoms with Gasteiger partial charge in [-0.25, -0.2) is 4.68 Å². The number of hydrogen-bond donors (Lipinski definition) is 1. The summed E-state index contributed by atoms with van der Waals surface area (Å²) in [6.45, 7) is 9.86. The average Bonchev–Trinajstić information content (AvgIpc) is 3.06. The molecular weight excluding hydrogens is 258 g/mol. The minimum atomic E-state index is 0.574.